The van der Waals surface area contributed by atoms with Gasteiger partial charge in [-0.1, -0.05) is 12.1 Å². The van der Waals surface area contributed by atoms with Crippen molar-refractivity contribution in [2.75, 3.05) is 0 Å². The normalized spacial score (nSPS) is 11.8. The molecule has 0 atom stereocenters. The third-order valence-electron chi connectivity index (χ3n) is 2.58. The molecule has 0 unspecified atom stereocenters. The van der Waals surface area contributed by atoms with Gasteiger partial charge in [0.15, 0.2) is 0 Å². The molecule has 0 saturated heterocycles. The number of aryl methyl sites for hydroxylation is 1. The van der Waals surface area contributed by atoms with Gasteiger partial charge in [0.05, 0.1) is 6.54 Å². The number of nitrogens with one attached hydrogen (secondary N) is 1. The van der Waals surface area contributed by atoms with Crippen LogP contribution >= 0.6 is 11.8 Å². The van der Waals surface area contributed by atoms with Crippen molar-refractivity contribution in [1.82, 2.24) is 5.32 Å². The van der Waals surface area contributed by atoms with E-state index in [4.69, 9.17) is 4.42 Å². The van der Waals surface area contributed by atoms with Crippen molar-refractivity contribution in [3.05, 3.63) is 53.5 Å². The van der Waals surface area contributed by atoms with Crippen molar-refractivity contribution < 1.29 is 17.6 Å². The molecule has 0 fully saturated rings. The Morgan fingerprint density at radius 3 is 2.30 bits per heavy atom. The van der Waals surface area contributed by atoms with Gasteiger partial charge >= 0.3 is 5.51 Å². The van der Waals surface area contributed by atoms with E-state index in [1.54, 1.807) is 12.1 Å². The van der Waals surface area contributed by atoms with E-state index < -0.39 is 5.51 Å². The predicted octanol–water partition coefficient (Wildman–Crippen LogP) is 4.49. The highest BCUT2D eigenvalue weighted by atomic mass is 32.2. The van der Waals surface area contributed by atoms with Gasteiger partial charge in [0.25, 0.3) is 0 Å². The van der Waals surface area contributed by atoms with Gasteiger partial charge in [-0.15, -0.1) is 0 Å². The van der Waals surface area contributed by atoms with Crippen LogP contribution in [0, 0.1) is 6.92 Å². The molecule has 2 aromatic rings. The van der Waals surface area contributed by atoms with Gasteiger partial charge in [-0.3, -0.25) is 0 Å². The maximum atomic E-state index is 12.2. The minimum absolute atomic E-state index is 0.102. The SMILES string of the molecule is Cc1ccc(CNCc2ccc(SC(F)(F)F)cc2)o1. The van der Waals surface area contributed by atoms with Crippen LogP contribution in [0.15, 0.2) is 45.7 Å². The van der Waals surface area contributed by atoms with Gasteiger partial charge in [-0.05, 0) is 48.5 Å². The van der Waals surface area contributed by atoms with Crippen LogP contribution in [0.3, 0.4) is 0 Å². The Morgan fingerprint density at radius 2 is 1.75 bits per heavy atom. The van der Waals surface area contributed by atoms with Crippen LogP contribution in [-0.2, 0) is 13.1 Å². The molecule has 6 heteroatoms. The second kappa shape index (κ2) is 6.37. The average Bonchev–Trinajstić information content (AvgIpc) is 2.75. The molecular weight excluding hydrogens is 287 g/mol. The van der Waals surface area contributed by atoms with Gasteiger partial charge in [-0.2, -0.15) is 13.2 Å². The summed E-state index contributed by atoms with van der Waals surface area (Å²) in [5.74, 6) is 1.70. The van der Waals surface area contributed by atoms with Crippen LogP contribution in [0.4, 0.5) is 13.2 Å². The quantitative estimate of drug-likeness (QED) is 0.824. The van der Waals surface area contributed by atoms with Crippen LogP contribution in [0.1, 0.15) is 17.1 Å². The van der Waals surface area contributed by atoms with Gasteiger partial charge in [0.1, 0.15) is 11.5 Å². The third kappa shape index (κ3) is 4.94. The molecule has 0 aliphatic rings. The minimum atomic E-state index is -4.24. The van der Waals surface area contributed by atoms with Gasteiger partial charge < -0.3 is 9.73 Å². The van der Waals surface area contributed by atoms with Crippen molar-refractivity contribution >= 4 is 11.8 Å². The van der Waals surface area contributed by atoms with E-state index in [1.165, 1.54) is 12.1 Å². The highest BCUT2D eigenvalue weighted by molar-refractivity contribution is 8.00. The van der Waals surface area contributed by atoms with Crippen molar-refractivity contribution in [2.24, 2.45) is 0 Å². The molecule has 108 valence electrons. The Labute approximate surface area is 119 Å². The number of halogens is 3. The summed E-state index contributed by atoms with van der Waals surface area (Å²) in [5.41, 5.74) is -3.31. The standard InChI is InChI=1S/C14H14F3NOS/c1-10-2-5-12(19-10)9-18-8-11-3-6-13(7-4-11)20-14(15,16)17/h2-7,18H,8-9H2,1H3. The molecule has 1 N–H and O–H groups in total. The summed E-state index contributed by atoms with van der Waals surface area (Å²) in [6, 6.07) is 10.1. The summed E-state index contributed by atoms with van der Waals surface area (Å²) in [7, 11) is 0. The van der Waals surface area contributed by atoms with Gasteiger partial charge in [0, 0.05) is 11.4 Å². The Kier molecular flexibility index (Phi) is 4.77. The van der Waals surface area contributed by atoms with Crippen molar-refractivity contribution in [3.8, 4) is 0 Å². The lowest BCUT2D eigenvalue weighted by Crippen LogP contribution is -2.12. The zero-order chi connectivity index (χ0) is 14.6. The predicted molar refractivity (Wildman–Crippen MR) is 72.3 cm³/mol. The van der Waals surface area contributed by atoms with Crippen molar-refractivity contribution in [1.29, 1.82) is 0 Å². The zero-order valence-electron chi connectivity index (χ0n) is 10.8. The number of alkyl halides is 3. The largest absolute Gasteiger partial charge is 0.465 e. The molecule has 0 spiro atoms. The zero-order valence-corrected chi connectivity index (χ0v) is 11.6. The van der Waals surface area contributed by atoms with Crippen LogP contribution in [0.5, 0.6) is 0 Å². The first-order valence-electron chi connectivity index (χ1n) is 6.03. The summed E-state index contributed by atoms with van der Waals surface area (Å²) in [5, 5.41) is 3.18. The van der Waals surface area contributed by atoms with Crippen molar-refractivity contribution in [2.45, 2.75) is 30.4 Å². The molecule has 0 amide bonds. The minimum Gasteiger partial charge on any atom is -0.465 e. The highest BCUT2D eigenvalue weighted by Gasteiger charge is 2.28. The second-order valence-electron chi connectivity index (χ2n) is 4.31. The number of thioether (sulfide) groups is 1. The lowest BCUT2D eigenvalue weighted by molar-refractivity contribution is -0.0328. The van der Waals surface area contributed by atoms with Crippen LogP contribution in [0.2, 0.25) is 0 Å². The van der Waals surface area contributed by atoms with Crippen molar-refractivity contribution in [3.63, 3.8) is 0 Å². The number of furan rings is 1. The van der Waals surface area contributed by atoms with E-state index in [2.05, 4.69) is 5.32 Å². The maximum absolute atomic E-state index is 12.2. The van der Waals surface area contributed by atoms with E-state index in [1.807, 2.05) is 19.1 Å². The van der Waals surface area contributed by atoms with Gasteiger partial charge in [0.2, 0.25) is 0 Å². The monoisotopic (exact) mass is 301 g/mol. The fourth-order valence-electron chi connectivity index (χ4n) is 1.72. The molecule has 0 aliphatic carbocycles. The Balaban J connectivity index is 1.82. The van der Waals surface area contributed by atoms with E-state index in [9.17, 15) is 13.2 Å². The lowest BCUT2D eigenvalue weighted by Gasteiger charge is -2.07. The molecule has 2 nitrogen and oxygen atoms in total. The second-order valence-corrected chi connectivity index (χ2v) is 5.45. The maximum Gasteiger partial charge on any atom is 0.446 e. The topological polar surface area (TPSA) is 25.2 Å². The average molecular weight is 301 g/mol. The van der Waals surface area contributed by atoms with Crippen LogP contribution in [-0.4, -0.2) is 5.51 Å². The fraction of sp³-hybridized carbons (Fsp3) is 0.286. The molecule has 0 radical (unpaired) electrons. The molecule has 20 heavy (non-hydrogen) atoms. The first-order chi connectivity index (χ1) is 9.42. The van der Waals surface area contributed by atoms with Crippen LogP contribution in [0.25, 0.3) is 0 Å². The summed E-state index contributed by atoms with van der Waals surface area (Å²) < 4.78 is 41.9. The molecule has 0 saturated carbocycles. The summed E-state index contributed by atoms with van der Waals surface area (Å²) in [6.45, 7) is 3.05. The smallest absolute Gasteiger partial charge is 0.446 e. The molecular formula is C14H14F3NOS. The summed E-state index contributed by atoms with van der Waals surface area (Å²) >= 11 is -0.102. The lowest BCUT2D eigenvalue weighted by atomic mass is 10.2. The van der Waals surface area contributed by atoms with E-state index in [0.29, 0.717) is 13.1 Å². The van der Waals surface area contributed by atoms with E-state index >= 15 is 0 Å². The Bertz CT molecular complexity index is 548. The molecule has 1 heterocycles. The molecule has 1 aromatic carbocycles. The Hall–Kier alpha value is -1.40. The number of hydrogen-bond donors (Lipinski definition) is 1. The molecule has 0 aliphatic heterocycles. The number of hydrogen-bond acceptors (Lipinski definition) is 3. The first kappa shape index (κ1) is 15.0. The Morgan fingerprint density at radius 1 is 1.05 bits per heavy atom. The van der Waals surface area contributed by atoms with E-state index in [0.717, 1.165) is 17.1 Å². The molecule has 0 bridgehead atoms. The summed E-state index contributed by atoms with van der Waals surface area (Å²) in [6.07, 6.45) is 0. The molecule has 1 aromatic heterocycles. The molecule has 2 rings (SSSR count). The third-order valence-corrected chi connectivity index (χ3v) is 3.32. The first-order valence-corrected chi connectivity index (χ1v) is 6.85. The summed E-state index contributed by atoms with van der Waals surface area (Å²) in [4.78, 5) is 0.197. The fourth-order valence-corrected chi connectivity index (χ4v) is 2.26. The number of benzene rings is 1. The van der Waals surface area contributed by atoms with Gasteiger partial charge in [-0.25, -0.2) is 0 Å². The van der Waals surface area contributed by atoms with Crippen LogP contribution < -0.4 is 5.32 Å². The van der Waals surface area contributed by atoms with E-state index in [-0.39, 0.29) is 16.7 Å². The highest BCUT2D eigenvalue weighted by Crippen LogP contribution is 2.36. The number of rotatable bonds is 5.